The number of imidazole rings is 2. The number of ether oxygens (including phenoxy) is 1. The van der Waals surface area contributed by atoms with Crippen LogP contribution < -0.4 is 9.64 Å². The second-order valence-electron chi connectivity index (χ2n) is 6.87. The van der Waals surface area contributed by atoms with Crippen LogP contribution in [0, 0.1) is 5.92 Å². The summed E-state index contributed by atoms with van der Waals surface area (Å²) in [6.07, 6.45) is 9.05. The quantitative estimate of drug-likeness (QED) is 0.545. The topological polar surface area (TPSA) is 86.3 Å². The SMILES string of the molecule is Cn1cnc2c(N3CCC(COc4ccc5nccn5n4)CC3)ncnc21. The van der Waals surface area contributed by atoms with E-state index in [0.717, 1.165) is 48.6 Å². The number of aromatic nitrogens is 7. The first-order valence-corrected chi connectivity index (χ1v) is 9.08. The molecule has 0 aromatic carbocycles. The highest BCUT2D eigenvalue weighted by Crippen LogP contribution is 2.26. The van der Waals surface area contributed by atoms with Crippen molar-refractivity contribution in [2.45, 2.75) is 12.8 Å². The minimum atomic E-state index is 0.502. The molecule has 0 bridgehead atoms. The Morgan fingerprint density at radius 2 is 2.00 bits per heavy atom. The summed E-state index contributed by atoms with van der Waals surface area (Å²) in [5, 5.41) is 4.41. The second kappa shape index (κ2) is 6.49. The van der Waals surface area contributed by atoms with Gasteiger partial charge in [-0.15, -0.1) is 5.10 Å². The third-order valence-electron chi connectivity index (χ3n) is 5.09. The Kier molecular flexibility index (Phi) is 3.84. The van der Waals surface area contributed by atoms with E-state index >= 15 is 0 Å². The van der Waals surface area contributed by atoms with E-state index < -0.39 is 0 Å². The van der Waals surface area contributed by atoms with Gasteiger partial charge in [0.15, 0.2) is 22.6 Å². The fourth-order valence-electron chi connectivity index (χ4n) is 3.55. The van der Waals surface area contributed by atoms with Crippen molar-refractivity contribution in [1.29, 1.82) is 0 Å². The van der Waals surface area contributed by atoms with Crippen molar-refractivity contribution in [3.63, 3.8) is 0 Å². The van der Waals surface area contributed by atoms with Crippen molar-refractivity contribution in [3.8, 4) is 5.88 Å². The van der Waals surface area contributed by atoms with Crippen molar-refractivity contribution in [2.75, 3.05) is 24.6 Å². The zero-order valence-electron chi connectivity index (χ0n) is 15.1. The molecule has 4 aromatic heterocycles. The lowest BCUT2D eigenvalue weighted by Crippen LogP contribution is -2.36. The fraction of sp³-hybridized carbons (Fsp3) is 0.389. The van der Waals surface area contributed by atoms with Crippen molar-refractivity contribution in [2.24, 2.45) is 13.0 Å². The lowest BCUT2D eigenvalue weighted by molar-refractivity contribution is 0.213. The normalized spacial score (nSPS) is 15.7. The van der Waals surface area contributed by atoms with Gasteiger partial charge in [0.05, 0.1) is 12.9 Å². The zero-order valence-corrected chi connectivity index (χ0v) is 15.1. The molecular weight excluding hydrogens is 344 g/mol. The molecule has 1 aliphatic rings. The molecule has 1 saturated heterocycles. The van der Waals surface area contributed by atoms with E-state index in [1.165, 1.54) is 0 Å². The molecule has 4 aromatic rings. The Hall–Kier alpha value is -3.23. The maximum Gasteiger partial charge on any atom is 0.231 e. The number of nitrogens with zero attached hydrogens (tertiary/aromatic N) is 8. The summed E-state index contributed by atoms with van der Waals surface area (Å²) in [5.41, 5.74) is 2.56. The van der Waals surface area contributed by atoms with Gasteiger partial charge in [-0.3, -0.25) is 0 Å². The van der Waals surface area contributed by atoms with E-state index in [0.29, 0.717) is 18.4 Å². The molecular formula is C18H20N8O. The van der Waals surface area contributed by atoms with Gasteiger partial charge in [-0.05, 0) is 24.8 Å². The summed E-state index contributed by atoms with van der Waals surface area (Å²) in [6.45, 7) is 2.54. The summed E-state index contributed by atoms with van der Waals surface area (Å²) in [6, 6.07) is 3.79. The van der Waals surface area contributed by atoms with E-state index in [1.807, 2.05) is 29.9 Å². The van der Waals surface area contributed by atoms with Crippen LogP contribution in [0.15, 0.2) is 37.2 Å². The number of rotatable bonds is 4. The van der Waals surface area contributed by atoms with Crippen molar-refractivity contribution >= 4 is 22.6 Å². The van der Waals surface area contributed by atoms with Crippen molar-refractivity contribution in [3.05, 3.63) is 37.2 Å². The average Bonchev–Trinajstić information content (AvgIpc) is 3.33. The minimum Gasteiger partial charge on any atom is -0.476 e. The van der Waals surface area contributed by atoms with Crippen LogP contribution in [-0.4, -0.2) is 53.8 Å². The monoisotopic (exact) mass is 364 g/mol. The number of anilines is 1. The lowest BCUT2D eigenvalue weighted by atomic mass is 9.98. The van der Waals surface area contributed by atoms with Gasteiger partial charge in [-0.25, -0.2) is 24.5 Å². The van der Waals surface area contributed by atoms with Crippen LogP contribution in [0.25, 0.3) is 16.8 Å². The molecule has 0 aliphatic carbocycles. The summed E-state index contributed by atoms with van der Waals surface area (Å²) in [4.78, 5) is 19.7. The van der Waals surface area contributed by atoms with Crippen molar-refractivity contribution in [1.82, 2.24) is 34.1 Å². The Labute approximate surface area is 155 Å². The van der Waals surface area contributed by atoms with Crippen molar-refractivity contribution < 1.29 is 4.74 Å². The molecule has 0 spiro atoms. The van der Waals surface area contributed by atoms with Crippen LogP contribution in [0.2, 0.25) is 0 Å². The van der Waals surface area contributed by atoms with Crippen LogP contribution in [0.1, 0.15) is 12.8 Å². The first kappa shape index (κ1) is 16.0. The van der Waals surface area contributed by atoms with Gasteiger partial charge in [0.2, 0.25) is 5.88 Å². The number of hydrogen-bond acceptors (Lipinski definition) is 7. The molecule has 5 rings (SSSR count). The molecule has 1 aliphatic heterocycles. The number of fused-ring (bicyclic) bond motifs is 2. The number of piperidine rings is 1. The van der Waals surface area contributed by atoms with E-state index in [4.69, 9.17) is 4.74 Å². The van der Waals surface area contributed by atoms with E-state index in [9.17, 15) is 0 Å². The van der Waals surface area contributed by atoms with Crippen LogP contribution in [-0.2, 0) is 7.05 Å². The Bertz CT molecular complexity index is 1080. The predicted molar refractivity (Wildman–Crippen MR) is 99.7 cm³/mol. The zero-order chi connectivity index (χ0) is 18.2. The first-order chi connectivity index (χ1) is 13.3. The molecule has 0 radical (unpaired) electrons. The molecule has 0 unspecified atom stereocenters. The molecule has 0 saturated carbocycles. The molecule has 0 N–H and O–H groups in total. The predicted octanol–water partition coefficient (Wildman–Crippen LogP) is 1.70. The molecule has 5 heterocycles. The highest BCUT2D eigenvalue weighted by atomic mass is 16.5. The maximum atomic E-state index is 5.92. The Morgan fingerprint density at radius 1 is 1.11 bits per heavy atom. The van der Waals surface area contributed by atoms with E-state index in [2.05, 4.69) is 29.9 Å². The largest absolute Gasteiger partial charge is 0.476 e. The first-order valence-electron chi connectivity index (χ1n) is 9.08. The average molecular weight is 364 g/mol. The number of hydrogen-bond donors (Lipinski definition) is 0. The van der Waals surface area contributed by atoms with Gasteiger partial charge in [-0.1, -0.05) is 0 Å². The smallest absolute Gasteiger partial charge is 0.231 e. The standard InChI is InChI=1S/C18H20N8O/c1-24-12-22-16-17(24)20-11-21-18(16)25-7-4-13(5-8-25)10-27-15-3-2-14-19-6-9-26(14)23-15/h2-3,6,9,11-13H,4-5,7-8,10H2,1H3. The van der Waals surface area contributed by atoms with Gasteiger partial charge >= 0.3 is 0 Å². The summed E-state index contributed by atoms with van der Waals surface area (Å²) in [7, 11) is 1.95. The van der Waals surface area contributed by atoms with Gasteiger partial charge in [0.1, 0.15) is 6.33 Å². The second-order valence-corrected chi connectivity index (χ2v) is 6.87. The molecule has 138 valence electrons. The molecule has 0 atom stereocenters. The van der Waals surface area contributed by atoms with Gasteiger partial charge in [-0.2, -0.15) is 0 Å². The molecule has 0 amide bonds. The summed E-state index contributed by atoms with van der Waals surface area (Å²) < 4.78 is 9.57. The van der Waals surface area contributed by atoms with Gasteiger partial charge in [0, 0.05) is 38.6 Å². The maximum absolute atomic E-state index is 5.92. The van der Waals surface area contributed by atoms with Gasteiger partial charge in [0.25, 0.3) is 0 Å². The molecule has 27 heavy (non-hydrogen) atoms. The number of aryl methyl sites for hydroxylation is 1. The van der Waals surface area contributed by atoms with Crippen LogP contribution >= 0.6 is 0 Å². The summed E-state index contributed by atoms with van der Waals surface area (Å²) in [5.74, 6) is 2.06. The molecule has 1 fully saturated rings. The highest BCUT2D eigenvalue weighted by Gasteiger charge is 2.23. The third kappa shape index (κ3) is 2.94. The fourth-order valence-corrected chi connectivity index (χ4v) is 3.55. The lowest BCUT2D eigenvalue weighted by Gasteiger charge is -2.32. The van der Waals surface area contributed by atoms with Crippen LogP contribution in [0.4, 0.5) is 5.82 Å². The van der Waals surface area contributed by atoms with Crippen LogP contribution in [0.3, 0.4) is 0 Å². The molecule has 9 heteroatoms. The van der Waals surface area contributed by atoms with Crippen LogP contribution in [0.5, 0.6) is 5.88 Å². The Balaban J connectivity index is 1.22. The summed E-state index contributed by atoms with van der Waals surface area (Å²) >= 11 is 0. The highest BCUT2D eigenvalue weighted by molar-refractivity contribution is 5.83. The Morgan fingerprint density at radius 3 is 2.89 bits per heavy atom. The molecule has 9 nitrogen and oxygen atoms in total. The minimum absolute atomic E-state index is 0.502. The van der Waals surface area contributed by atoms with Gasteiger partial charge < -0.3 is 14.2 Å². The third-order valence-corrected chi connectivity index (χ3v) is 5.09. The van der Waals surface area contributed by atoms with E-state index in [1.54, 1.807) is 23.4 Å². The van der Waals surface area contributed by atoms with E-state index in [-0.39, 0.29) is 0 Å².